The number of fused-ring (bicyclic) bond motifs is 2. The molecule has 9 heteroatoms. The van der Waals surface area contributed by atoms with Crippen LogP contribution in [-0.2, 0) is 16.4 Å². The number of anilines is 3. The Morgan fingerprint density at radius 1 is 0.941 bits per heavy atom. The van der Waals surface area contributed by atoms with E-state index in [4.69, 9.17) is 4.74 Å². The quantitative estimate of drug-likeness (QED) is 0.378. The minimum absolute atomic E-state index is 0.243. The van der Waals surface area contributed by atoms with Crippen LogP contribution in [0.3, 0.4) is 0 Å². The third kappa shape index (κ3) is 4.26. The van der Waals surface area contributed by atoms with Gasteiger partial charge in [0.05, 0.1) is 21.8 Å². The normalized spacial score (nSPS) is 14.5. The molecule has 0 fully saturated rings. The lowest BCUT2D eigenvalue weighted by atomic mass is 10.0. The molecule has 0 atom stereocenters. The van der Waals surface area contributed by atoms with Crippen LogP contribution in [0.15, 0.2) is 71.6 Å². The van der Waals surface area contributed by atoms with Gasteiger partial charge in [0.2, 0.25) is 0 Å². The second kappa shape index (κ2) is 7.95. The van der Waals surface area contributed by atoms with Crippen molar-refractivity contribution in [1.82, 2.24) is 4.98 Å². The number of ether oxygens (including phenoxy) is 1. The van der Waals surface area contributed by atoms with Crippen LogP contribution in [-0.4, -0.2) is 19.0 Å². The van der Waals surface area contributed by atoms with E-state index >= 15 is 0 Å². The van der Waals surface area contributed by atoms with Crippen LogP contribution in [0.1, 0.15) is 19.4 Å². The van der Waals surface area contributed by atoms with Crippen molar-refractivity contribution in [2.24, 2.45) is 0 Å². The van der Waals surface area contributed by atoms with Crippen molar-refractivity contribution < 1.29 is 21.9 Å². The number of hydrogen-bond acceptors (Lipinski definition) is 5. The Labute approximate surface area is 195 Å². The fourth-order valence-corrected chi connectivity index (χ4v) is 5.17. The van der Waals surface area contributed by atoms with Crippen molar-refractivity contribution in [3.05, 3.63) is 83.9 Å². The van der Waals surface area contributed by atoms with E-state index in [0.29, 0.717) is 22.8 Å². The Morgan fingerprint density at radius 3 is 2.41 bits per heavy atom. The van der Waals surface area contributed by atoms with Crippen LogP contribution in [0, 0.1) is 11.6 Å². The van der Waals surface area contributed by atoms with E-state index in [0.717, 1.165) is 35.6 Å². The van der Waals surface area contributed by atoms with Gasteiger partial charge in [-0.25, -0.2) is 22.2 Å². The molecule has 3 aromatic carbocycles. The zero-order chi connectivity index (χ0) is 24.1. The number of pyridine rings is 1. The van der Waals surface area contributed by atoms with Crippen molar-refractivity contribution in [3.8, 4) is 5.75 Å². The monoisotopic (exact) mass is 481 g/mol. The van der Waals surface area contributed by atoms with Crippen molar-refractivity contribution in [3.63, 3.8) is 0 Å². The Morgan fingerprint density at radius 2 is 1.65 bits per heavy atom. The molecule has 0 amide bonds. The average Bonchev–Trinajstić information content (AvgIpc) is 3.08. The zero-order valence-corrected chi connectivity index (χ0v) is 19.2. The number of para-hydroxylation sites is 1. The van der Waals surface area contributed by atoms with Crippen LogP contribution in [0.2, 0.25) is 0 Å². The van der Waals surface area contributed by atoms with Crippen molar-refractivity contribution in [2.75, 3.05) is 10.0 Å². The minimum Gasteiger partial charge on any atom is -0.485 e. The molecule has 34 heavy (non-hydrogen) atoms. The highest BCUT2D eigenvalue weighted by Crippen LogP contribution is 2.41. The van der Waals surface area contributed by atoms with Gasteiger partial charge in [-0.2, -0.15) is 0 Å². The summed E-state index contributed by atoms with van der Waals surface area (Å²) in [5, 5.41) is 3.81. The number of nitrogens with one attached hydrogen (secondary N) is 2. The lowest BCUT2D eigenvalue weighted by Crippen LogP contribution is -2.24. The van der Waals surface area contributed by atoms with E-state index in [1.165, 1.54) is 0 Å². The summed E-state index contributed by atoms with van der Waals surface area (Å²) in [5.74, 6) is -0.606. The SMILES string of the molecule is CC1(C)Cc2cccc(Nc3ccc4c(NS(=O)(=O)c5cc(F)cc(F)c5)cccc4n3)c2O1. The van der Waals surface area contributed by atoms with Crippen molar-refractivity contribution in [1.29, 1.82) is 0 Å². The second-order valence-electron chi connectivity index (χ2n) is 8.74. The molecule has 0 spiro atoms. The number of sulfonamides is 1. The Bertz CT molecular complexity index is 1520. The first-order valence-electron chi connectivity index (χ1n) is 10.6. The fourth-order valence-electron chi connectivity index (χ4n) is 4.05. The highest BCUT2D eigenvalue weighted by molar-refractivity contribution is 7.92. The molecule has 4 aromatic rings. The molecule has 0 bridgehead atoms. The molecule has 1 aliphatic rings. The van der Waals surface area contributed by atoms with Crippen LogP contribution in [0.5, 0.6) is 5.75 Å². The van der Waals surface area contributed by atoms with E-state index < -0.39 is 26.6 Å². The van der Waals surface area contributed by atoms with E-state index in [-0.39, 0.29) is 11.3 Å². The fraction of sp³-hybridized carbons (Fsp3) is 0.160. The van der Waals surface area contributed by atoms with Gasteiger partial charge in [-0.1, -0.05) is 18.2 Å². The van der Waals surface area contributed by atoms with Gasteiger partial charge < -0.3 is 10.1 Å². The molecule has 0 saturated carbocycles. The molecule has 0 radical (unpaired) electrons. The van der Waals surface area contributed by atoms with Crippen LogP contribution >= 0.6 is 0 Å². The van der Waals surface area contributed by atoms with Gasteiger partial charge in [-0.05, 0) is 56.3 Å². The van der Waals surface area contributed by atoms with E-state index in [1.807, 2.05) is 32.0 Å². The topological polar surface area (TPSA) is 80.3 Å². The summed E-state index contributed by atoms with van der Waals surface area (Å²) in [7, 11) is -4.22. The van der Waals surface area contributed by atoms with E-state index in [2.05, 4.69) is 15.0 Å². The first-order chi connectivity index (χ1) is 16.1. The van der Waals surface area contributed by atoms with Gasteiger partial charge in [0.25, 0.3) is 10.0 Å². The molecular formula is C25H21F2N3O3S. The Hall–Kier alpha value is -3.72. The number of rotatable bonds is 5. The highest BCUT2D eigenvalue weighted by atomic mass is 32.2. The van der Waals surface area contributed by atoms with Crippen molar-refractivity contribution in [2.45, 2.75) is 30.8 Å². The first-order valence-corrected chi connectivity index (χ1v) is 12.0. The summed E-state index contributed by atoms with van der Waals surface area (Å²) in [6.07, 6.45) is 0.807. The molecular weight excluding hydrogens is 460 g/mol. The van der Waals surface area contributed by atoms with Gasteiger partial charge in [0.1, 0.15) is 28.8 Å². The minimum atomic E-state index is -4.22. The summed E-state index contributed by atoms with van der Waals surface area (Å²) >= 11 is 0. The average molecular weight is 482 g/mol. The van der Waals surface area contributed by atoms with E-state index in [9.17, 15) is 17.2 Å². The Balaban J connectivity index is 1.45. The maximum atomic E-state index is 13.5. The van der Waals surface area contributed by atoms with Crippen molar-refractivity contribution >= 4 is 38.1 Å². The van der Waals surface area contributed by atoms with Gasteiger partial charge in [0, 0.05) is 23.4 Å². The van der Waals surface area contributed by atoms with Crippen LogP contribution in [0.25, 0.3) is 10.9 Å². The number of nitrogens with zero attached hydrogens (tertiary/aromatic N) is 1. The van der Waals surface area contributed by atoms with Gasteiger partial charge in [0.15, 0.2) is 0 Å². The largest absolute Gasteiger partial charge is 0.485 e. The highest BCUT2D eigenvalue weighted by Gasteiger charge is 2.31. The third-order valence-electron chi connectivity index (χ3n) is 5.48. The lowest BCUT2D eigenvalue weighted by molar-refractivity contribution is 0.139. The smallest absolute Gasteiger partial charge is 0.262 e. The lowest BCUT2D eigenvalue weighted by Gasteiger charge is -2.18. The number of halogens is 2. The summed E-state index contributed by atoms with van der Waals surface area (Å²) in [6.45, 7) is 4.07. The zero-order valence-electron chi connectivity index (χ0n) is 18.4. The predicted octanol–water partition coefficient (Wildman–Crippen LogP) is 5.77. The number of aromatic nitrogens is 1. The molecule has 5 rings (SSSR count). The number of benzene rings is 3. The standard InChI is InChI=1S/C25H21F2N3O3S/c1-25(2)14-15-5-3-8-22(24(15)33-25)29-23-10-9-19-20(28-23)6-4-7-21(19)30-34(31,32)18-12-16(26)11-17(27)13-18/h3-13,30H,14H2,1-2H3,(H,28,29). The molecule has 2 heterocycles. The molecule has 0 aliphatic carbocycles. The molecule has 1 aromatic heterocycles. The first kappa shape index (κ1) is 22.1. The Kier molecular flexibility index (Phi) is 5.16. The van der Waals surface area contributed by atoms with E-state index in [1.54, 1.807) is 30.3 Å². The molecule has 6 nitrogen and oxygen atoms in total. The van der Waals surface area contributed by atoms with Gasteiger partial charge in [-0.3, -0.25) is 4.72 Å². The predicted molar refractivity (Wildman–Crippen MR) is 127 cm³/mol. The second-order valence-corrected chi connectivity index (χ2v) is 10.4. The molecule has 0 saturated heterocycles. The summed E-state index contributed by atoms with van der Waals surface area (Å²) in [4.78, 5) is 4.10. The maximum absolute atomic E-state index is 13.5. The number of hydrogen-bond donors (Lipinski definition) is 2. The van der Waals surface area contributed by atoms with Crippen LogP contribution < -0.4 is 14.8 Å². The van der Waals surface area contributed by atoms with Crippen LogP contribution in [0.4, 0.5) is 26.0 Å². The molecule has 174 valence electrons. The maximum Gasteiger partial charge on any atom is 0.262 e. The van der Waals surface area contributed by atoms with Gasteiger partial charge in [-0.15, -0.1) is 0 Å². The molecule has 1 aliphatic heterocycles. The molecule has 2 N–H and O–H groups in total. The summed E-state index contributed by atoms with van der Waals surface area (Å²) in [5.41, 5.74) is 2.39. The third-order valence-corrected chi connectivity index (χ3v) is 6.82. The molecule has 0 unspecified atom stereocenters. The van der Waals surface area contributed by atoms with Gasteiger partial charge >= 0.3 is 0 Å². The summed E-state index contributed by atoms with van der Waals surface area (Å²) < 4.78 is 61.0. The summed E-state index contributed by atoms with van der Waals surface area (Å²) in [6, 6.07) is 16.4.